The maximum absolute atomic E-state index is 12.4. The minimum absolute atomic E-state index is 0.0802. The van der Waals surface area contributed by atoms with Gasteiger partial charge in [-0.3, -0.25) is 9.59 Å². The Labute approximate surface area is 149 Å². The molecule has 1 atom stereocenters. The summed E-state index contributed by atoms with van der Waals surface area (Å²) in [5.74, 6) is -0.383. The number of nitrogens with zero attached hydrogens (tertiary/aromatic N) is 1. The van der Waals surface area contributed by atoms with E-state index in [1.165, 1.54) is 6.92 Å². The number of ether oxygens (including phenoxy) is 1. The first-order valence-electron chi connectivity index (χ1n) is 7.92. The largest absolute Gasteiger partial charge is 0.460 e. The van der Waals surface area contributed by atoms with E-state index >= 15 is 0 Å². The highest BCUT2D eigenvalue weighted by molar-refractivity contribution is 9.10. The Balaban J connectivity index is 2.06. The predicted octanol–water partition coefficient (Wildman–Crippen LogP) is 4.74. The lowest BCUT2D eigenvalue weighted by atomic mass is 10.00. The third-order valence-corrected chi connectivity index (χ3v) is 4.74. The number of halogens is 1. The summed E-state index contributed by atoms with van der Waals surface area (Å²) in [6.45, 7) is 7.06. The third kappa shape index (κ3) is 2.93. The van der Waals surface area contributed by atoms with Crippen molar-refractivity contribution >= 4 is 44.3 Å². The Hall–Kier alpha value is -1.88. The molecule has 0 aliphatic carbocycles. The molecule has 126 valence electrons. The fraction of sp³-hybridized carbons (Fsp3) is 0.368. The maximum atomic E-state index is 12.4. The van der Waals surface area contributed by atoms with E-state index in [1.54, 1.807) is 4.90 Å². The summed E-state index contributed by atoms with van der Waals surface area (Å²) in [5, 5.41) is 2.07. The van der Waals surface area contributed by atoms with Gasteiger partial charge in [0.15, 0.2) is 0 Å². The van der Waals surface area contributed by atoms with E-state index in [4.69, 9.17) is 4.74 Å². The van der Waals surface area contributed by atoms with Crippen LogP contribution in [0.3, 0.4) is 0 Å². The van der Waals surface area contributed by atoms with Crippen LogP contribution in [-0.2, 0) is 14.3 Å². The molecule has 1 aliphatic rings. The SMILES string of the molecule is CC(=O)N1c2ccc(Br)c3cccc(c23)C1CC(=O)OC(C)(C)C. The summed E-state index contributed by atoms with van der Waals surface area (Å²) in [6, 6.07) is 9.49. The van der Waals surface area contributed by atoms with E-state index < -0.39 is 5.60 Å². The third-order valence-electron chi connectivity index (χ3n) is 4.05. The number of anilines is 1. The first-order chi connectivity index (χ1) is 11.2. The monoisotopic (exact) mass is 389 g/mol. The second kappa shape index (κ2) is 5.88. The van der Waals surface area contributed by atoms with Crippen molar-refractivity contribution in [3.05, 3.63) is 40.4 Å². The molecule has 1 amide bonds. The molecule has 5 heteroatoms. The Morgan fingerprint density at radius 3 is 2.54 bits per heavy atom. The Bertz CT molecular complexity index is 838. The Morgan fingerprint density at radius 2 is 1.92 bits per heavy atom. The molecule has 1 aliphatic heterocycles. The Morgan fingerprint density at radius 1 is 1.21 bits per heavy atom. The highest BCUT2D eigenvalue weighted by Gasteiger charge is 2.36. The average molecular weight is 390 g/mol. The van der Waals surface area contributed by atoms with Crippen LogP contribution in [0.1, 0.15) is 45.7 Å². The number of amides is 1. The molecule has 0 spiro atoms. The van der Waals surface area contributed by atoms with Crippen molar-refractivity contribution in [3.8, 4) is 0 Å². The number of rotatable bonds is 2. The van der Waals surface area contributed by atoms with Crippen molar-refractivity contribution in [3.63, 3.8) is 0 Å². The zero-order valence-corrected chi connectivity index (χ0v) is 15.8. The van der Waals surface area contributed by atoms with Crippen molar-refractivity contribution in [1.82, 2.24) is 0 Å². The summed E-state index contributed by atoms with van der Waals surface area (Å²) < 4.78 is 6.44. The molecule has 1 heterocycles. The predicted molar refractivity (Wildman–Crippen MR) is 98.0 cm³/mol. The second-order valence-corrected chi connectivity index (χ2v) is 7.89. The van der Waals surface area contributed by atoms with Crippen LogP contribution < -0.4 is 4.90 Å². The zero-order valence-electron chi connectivity index (χ0n) is 14.2. The van der Waals surface area contributed by atoms with Gasteiger partial charge >= 0.3 is 5.97 Å². The van der Waals surface area contributed by atoms with E-state index in [-0.39, 0.29) is 24.3 Å². The van der Waals surface area contributed by atoms with Crippen LogP contribution in [0.25, 0.3) is 10.8 Å². The van der Waals surface area contributed by atoms with Gasteiger partial charge in [0.25, 0.3) is 0 Å². The smallest absolute Gasteiger partial charge is 0.308 e. The van der Waals surface area contributed by atoms with Crippen LogP contribution in [-0.4, -0.2) is 17.5 Å². The number of esters is 1. The molecule has 1 unspecified atom stereocenters. The molecule has 24 heavy (non-hydrogen) atoms. The van der Waals surface area contributed by atoms with E-state index in [2.05, 4.69) is 15.9 Å². The van der Waals surface area contributed by atoms with E-state index in [1.807, 2.05) is 51.1 Å². The summed E-state index contributed by atoms with van der Waals surface area (Å²) in [6.07, 6.45) is 0.141. The lowest BCUT2D eigenvalue weighted by Gasteiger charge is -2.26. The number of carbonyl (C=O) groups excluding carboxylic acids is 2. The van der Waals surface area contributed by atoms with E-state index in [0.29, 0.717) is 0 Å². The zero-order chi connectivity index (χ0) is 17.6. The Kier molecular flexibility index (Phi) is 4.16. The van der Waals surface area contributed by atoms with Gasteiger partial charge in [-0.1, -0.05) is 34.1 Å². The molecular weight excluding hydrogens is 370 g/mol. The highest BCUT2D eigenvalue weighted by Crippen LogP contribution is 2.47. The van der Waals surface area contributed by atoms with E-state index in [9.17, 15) is 9.59 Å². The van der Waals surface area contributed by atoms with Crippen LogP contribution in [0.4, 0.5) is 5.69 Å². The van der Waals surface area contributed by atoms with Crippen LogP contribution in [0, 0.1) is 0 Å². The molecule has 2 aromatic rings. The molecular formula is C19H20BrNO3. The van der Waals surface area contributed by atoms with Gasteiger partial charge in [0, 0.05) is 16.8 Å². The van der Waals surface area contributed by atoms with Crippen molar-refractivity contribution in [2.24, 2.45) is 0 Å². The molecule has 0 saturated heterocycles. The fourth-order valence-electron chi connectivity index (χ4n) is 3.30. The molecule has 3 rings (SSSR count). The molecule has 0 bridgehead atoms. The van der Waals surface area contributed by atoms with Gasteiger partial charge in [-0.2, -0.15) is 0 Å². The van der Waals surface area contributed by atoms with Crippen LogP contribution >= 0.6 is 15.9 Å². The van der Waals surface area contributed by atoms with Gasteiger partial charge in [-0.05, 0) is 43.9 Å². The lowest BCUT2D eigenvalue weighted by molar-refractivity contribution is -0.155. The fourth-order valence-corrected chi connectivity index (χ4v) is 3.76. The first-order valence-corrected chi connectivity index (χ1v) is 8.71. The van der Waals surface area contributed by atoms with Crippen molar-refractivity contribution in [2.75, 3.05) is 4.90 Å². The van der Waals surface area contributed by atoms with Gasteiger partial charge in [0.1, 0.15) is 5.60 Å². The lowest BCUT2D eigenvalue weighted by Crippen LogP contribution is -2.33. The topological polar surface area (TPSA) is 46.6 Å². The van der Waals surface area contributed by atoms with Gasteiger partial charge < -0.3 is 9.64 Å². The number of benzene rings is 2. The van der Waals surface area contributed by atoms with E-state index in [0.717, 1.165) is 26.5 Å². The summed E-state index contributed by atoms with van der Waals surface area (Å²) >= 11 is 3.57. The number of carbonyl (C=O) groups is 2. The van der Waals surface area contributed by atoms with Gasteiger partial charge in [0.2, 0.25) is 5.91 Å². The average Bonchev–Trinajstić information content (AvgIpc) is 2.76. The van der Waals surface area contributed by atoms with Gasteiger partial charge in [-0.25, -0.2) is 0 Å². The maximum Gasteiger partial charge on any atom is 0.308 e. The minimum atomic E-state index is -0.543. The minimum Gasteiger partial charge on any atom is -0.460 e. The molecule has 0 fully saturated rings. The standard InChI is InChI=1S/C19H20BrNO3/c1-11(22)21-15-9-8-14(20)12-6-5-7-13(18(12)15)16(21)10-17(23)24-19(2,3)4/h5-9,16H,10H2,1-4H3. The normalized spacial score (nSPS) is 16.5. The summed E-state index contributed by atoms with van der Waals surface area (Å²) in [5.41, 5.74) is 1.30. The summed E-state index contributed by atoms with van der Waals surface area (Å²) in [7, 11) is 0. The second-order valence-electron chi connectivity index (χ2n) is 7.03. The molecule has 2 aromatic carbocycles. The van der Waals surface area contributed by atoms with Crippen molar-refractivity contribution < 1.29 is 14.3 Å². The molecule has 0 radical (unpaired) electrons. The van der Waals surface area contributed by atoms with Gasteiger partial charge in [-0.15, -0.1) is 0 Å². The number of hydrogen-bond acceptors (Lipinski definition) is 3. The van der Waals surface area contributed by atoms with Crippen LogP contribution in [0.5, 0.6) is 0 Å². The van der Waals surface area contributed by atoms with Crippen LogP contribution in [0.2, 0.25) is 0 Å². The highest BCUT2D eigenvalue weighted by atomic mass is 79.9. The molecule has 0 N–H and O–H groups in total. The molecule has 0 saturated carbocycles. The van der Waals surface area contributed by atoms with Crippen molar-refractivity contribution in [1.29, 1.82) is 0 Å². The first kappa shape index (κ1) is 17.0. The van der Waals surface area contributed by atoms with Crippen LogP contribution in [0.15, 0.2) is 34.8 Å². The van der Waals surface area contributed by atoms with Gasteiger partial charge in [0.05, 0.1) is 18.2 Å². The number of hydrogen-bond donors (Lipinski definition) is 0. The molecule has 0 aromatic heterocycles. The molecule has 4 nitrogen and oxygen atoms in total. The quantitative estimate of drug-likeness (QED) is 0.696. The van der Waals surface area contributed by atoms with Crippen molar-refractivity contribution in [2.45, 2.75) is 45.8 Å². The summed E-state index contributed by atoms with van der Waals surface area (Å²) in [4.78, 5) is 26.3.